The van der Waals surface area contributed by atoms with Crippen molar-refractivity contribution in [1.29, 1.82) is 5.53 Å². The van der Waals surface area contributed by atoms with E-state index in [1.165, 1.54) is 5.57 Å². The van der Waals surface area contributed by atoms with Crippen molar-refractivity contribution in [3.63, 3.8) is 0 Å². The van der Waals surface area contributed by atoms with Gasteiger partial charge in [-0.3, -0.25) is 0 Å². The fourth-order valence-corrected chi connectivity index (χ4v) is 3.47. The number of rotatable bonds is 6. The molecule has 0 aromatic heterocycles. The number of nitrogens with one attached hydrogen (secondary N) is 2. The van der Waals surface area contributed by atoms with Gasteiger partial charge in [-0.2, -0.15) is 5.53 Å². The minimum atomic E-state index is -0.0107. The van der Waals surface area contributed by atoms with Crippen molar-refractivity contribution in [2.24, 2.45) is 27.9 Å². The first-order valence-electron chi connectivity index (χ1n) is 8.12. The summed E-state index contributed by atoms with van der Waals surface area (Å²) in [7, 11) is 0. The van der Waals surface area contributed by atoms with Crippen molar-refractivity contribution in [3.05, 3.63) is 23.6 Å². The summed E-state index contributed by atoms with van der Waals surface area (Å²) in [5, 5.41) is 10.3. The van der Waals surface area contributed by atoms with Crippen LogP contribution in [0, 0.1) is 17.4 Å². The van der Waals surface area contributed by atoms with Crippen molar-refractivity contribution in [2.75, 3.05) is 6.54 Å². The summed E-state index contributed by atoms with van der Waals surface area (Å²) in [6.45, 7) is 3.06. The zero-order valence-electron chi connectivity index (χ0n) is 13.2. The molecule has 2 aliphatic rings. The molecule has 3 atom stereocenters. The van der Waals surface area contributed by atoms with E-state index in [0.717, 1.165) is 38.6 Å². The molecule has 0 spiro atoms. The lowest BCUT2D eigenvalue weighted by Crippen LogP contribution is -2.41. The number of allylic oxidation sites excluding steroid dienone is 4. The van der Waals surface area contributed by atoms with Crippen molar-refractivity contribution < 1.29 is 4.39 Å². The molecule has 5 nitrogen and oxygen atoms in total. The largest absolute Gasteiger partial charge is 0.385 e. The Kier molecular flexibility index (Phi) is 6.24. The first-order valence-corrected chi connectivity index (χ1v) is 8.12. The molecule has 1 aliphatic heterocycles. The molecule has 4 N–H and O–H groups in total. The van der Waals surface area contributed by atoms with Gasteiger partial charge in [-0.05, 0) is 50.6 Å². The zero-order chi connectivity index (χ0) is 15.9. The van der Waals surface area contributed by atoms with Crippen LogP contribution in [0.5, 0.6) is 0 Å². The lowest BCUT2D eigenvalue weighted by molar-refractivity contribution is 0.297. The van der Waals surface area contributed by atoms with Crippen LogP contribution in [0.2, 0.25) is 0 Å². The summed E-state index contributed by atoms with van der Waals surface area (Å²) in [6.07, 6.45) is 8.95. The van der Waals surface area contributed by atoms with Crippen LogP contribution in [0.25, 0.3) is 0 Å². The van der Waals surface area contributed by atoms with Crippen LogP contribution in [-0.2, 0) is 0 Å². The van der Waals surface area contributed by atoms with Crippen LogP contribution in [0.1, 0.15) is 45.4 Å². The van der Waals surface area contributed by atoms with E-state index < -0.39 is 0 Å². The maximum absolute atomic E-state index is 13.1. The second-order valence-electron chi connectivity index (χ2n) is 6.19. The molecule has 2 rings (SSSR count). The standard InChI is InChI=1S/C16H26FN5/c1-2-11(16(18)21-22-19)9-15-10-13(7-8-20-15)12-3-5-14(17)6-4-12/h3,5,11,13,15,20H,2,4,6-10H2,1H3,(H3,18,19,21)/t11-,13+,15-/m0/s1. The Morgan fingerprint density at radius 2 is 2.32 bits per heavy atom. The third-order valence-electron chi connectivity index (χ3n) is 4.80. The van der Waals surface area contributed by atoms with Gasteiger partial charge in [0.05, 0.1) is 0 Å². The lowest BCUT2D eigenvalue weighted by Gasteiger charge is -2.34. The van der Waals surface area contributed by atoms with E-state index in [4.69, 9.17) is 11.3 Å². The summed E-state index contributed by atoms with van der Waals surface area (Å²) in [5.41, 5.74) is 14.1. The SMILES string of the molecule is CC[C@@H](C[C@H]1C[C@H](C2=CC=C(F)CC2)CCN1)C(N)=NN=N. The molecule has 0 amide bonds. The second-order valence-corrected chi connectivity index (χ2v) is 6.19. The van der Waals surface area contributed by atoms with Crippen molar-refractivity contribution in [1.82, 2.24) is 5.32 Å². The van der Waals surface area contributed by atoms with Gasteiger partial charge in [0.15, 0.2) is 0 Å². The number of hydrogen-bond donors (Lipinski definition) is 3. The molecular formula is C16H26FN5. The number of halogens is 1. The minimum absolute atomic E-state index is 0.0107. The molecule has 0 bridgehead atoms. The number of nitrogens with two attached hydrogens (primary N) is 1. The van der Waals surface area contributed by atoms with Gasteiger partial charge in [-0.1, -0.05) is 23.8 Å². The van der Waals surface area contributed by atoms with Crippen LogP contribution >= 0.6 is 0 Å². The molecule has 1 aliphatic carbocycles. The molecule has 0 radical (unpaired) electrons. The fourth-order valence-electron chi connectivity index (χ4n) is 3.47. The Hall–Kier alpha value is -1.56. The first-order chi connectivity index (χ1) is 10.6. The highest BCUT2D eigenvalue weighted by molar-refractivity contribution is 5.82. The van der Waals surface area contributed by atoms with Crippen molar-refractivity contribution in [2.45, 2.75) is 51.5 Å². The van der Waals surface area contributed by atoms with Gasteiger partial charge in [-0.25, -0.2) is 4.39 Å². The van der Waals surface area contributed by atoms with E-state index in [1.54, 1.807) is 6.08 Å². The molecular weight excluding hydrogens is 281 g/mol. The Morgan fingerprint density at radius 3 is 2.95 bits per heavy atom. The number of piperidine rings is 1. The van der Waals surface area contributed by atoms with Crippen LogP contribution in [-0.4, -0.2) is 18.4 Å². The molecule has 122 valence electrons. The van der Waals surface area contributed by atoms with Gasteiger partial charge in [-0.15, -0.1) is 5.10 Å². The normalized spacial score (nSPS) is 27.8. The average molecular weight is 307 g/mol. The highest BCUT2D eigenvalue weighted by atomic mass is 19.1. The summed E-state index contributed by atoms with van der Waals surface area (Å²) in [5.74, 6) is 1.13. The highest BCUT2D eigenvalue weighted by Crippen LogP contribution is 2.33. The summed E-state index contributed by atoms with van der Waals surface area (Å²) in [4.78, 5) is 0. The molecule has 0 unspecified atom stereocenters. The third kappa shape index (κ3) is 4.47. The first kappa shape index (κ1) is 16.8. The third-order valence-corrected chi connectivity index (χ3v) is 4.80. The zero-order valence-corrected chi connectivity index (χ0v) is 13.2. The Labute approximate surface area is 131 Å². The van der Waals surface area contributed by atoms with Crippen LogP contribution in [0.3, 0.4) is 0 Å². The van der Waals surface area contributed by atoms with Gasteiger partial charge in [0.25, 0.3) is 0 Å². The van der Waals surface area contributed by atoms with Crippen LogP contribution in [0.4, 0.5) is 4.39 Å². The van der Waals surface area contributed by atoms with Gasteiger partial charge < -0.3 is 11.1 Å². The minimum Gasteiger partial charge on any atom is -0.385 e. The topological polar surface area (TPSA) is 86.6 Å². The highest BCUT2D eigenvalue weighted by Gasteiger charge is 2.27. The summed E-state index contributed by atoms with van der Waals surface area (Å²) >= 11 is 0. The quantitative estimate of drug-likeness (QED) is 0.303. The molecule has 6 heteroatoms. The van der Waals surface area contributed by atoms with Crippen LogP contribution in [0.15, 0.2) is 33.9 Å². The summed E-state index contributed by atoms with van der Waals surface area (Å²) in [6, 6.07) is 0.389. The predicted octanol–water partition coefficient (Wildman–Crippen LogP) is 3.65. The molecule has 1 saturated heterocycles. The number of amidine groups is 1. The molecule has 0 saturated carbocycles. The maximum Gasteiger partial charge on any atom is 0.127 e. The van der Waals surface area contributed by atoms with E-state index >= 15 is 0 Å². The second kappa shape index (κ2) is 8.17. The Morgan fingerprint density at radius 1 is 1.50 bits per heavy atom. The molecule has 1 heterocycles. The van der Waals surface area contributed by atoms with E-state index in [0.29, 0.717) is 24.2 Å². The van der Waals surface area contributed by atoms with E-state index in [1.807, 2.05) is 6.08 Å². The van der Waals surface area contributed by atoms with Gasteiger partial charge in [0.1, 0.15) is 11.7 Å². The maximum atomic E-state index is 13.1. The van der Waals surface area contributed by atoms with Gasteiger partial charge in [0.2, 0.25) is 0 Å². The smallest absolute Gasteiger partial charge is 0.127 e. The monoisotopic (exact) mass is 307 g/mol. The molecule has 0 aromatic carbocycles. The van der Waals surface area contributed by atoms with Crippen molar-refractivity contribution in [3.8, 4) is 0 Å². The number of nitrogens with zero attached hydrogens (tertiary/aromatic N) is 2. The van der Waals surface area contributed by atoms with E-state index in [9.17, 15) is 4.39 Å². The Bertz CT molecular complexity index is 483. The van der Waals surface area contributed by atoms with E-state index in [-0.39, 0.29) is 11.7 Å². The van der Waals surface area contributed by atoms with Crippen LogP contribution < -0.4 is 11.1 Å². The fraction of sp³-hybridized carbons (Fsp3) is 0.688. The molecule has 1 fully saturated rings. The molecule has 0 aromatic rings. The Balaban J connectivity index is 1.95. The average Bonchev–Trinajstić information content (AvgIpc) is 2.53. The van der Waals surface area contributed by atoms with Gasteiger partial charge in [0, 0.05) is 18.4 Å². The number of hydrogen-bond acceptors (Lipinski definition) is 3. The van der Waals surface area contributed by atoms with Gasteiger partial charge >= 0.3 is 0 Å². The van der Waals surface area contributed by atoms with E-state index in [2.05, 4.69) is 22.6 Å². The predicted molar refractivity (Wildman–Crippen MR) is 86.2 cm³/mol. The molecule has 22 heavy (non-hydrogen) atoms. The lowest BCUT2D eigenvalue weighted by atomic mass is 9.80. The summed E-state index contributed by atoms with van der Waals surface area (Å²) < 4.78 is 13.1. The van der Waals surface area contributed by atoms with Crippen molar-refractivity contribution >= 4 is 5.84 Å².